The minimum atomic E-state index is -1.62. The second-order valence-electron chi connectivity index (χ2n) is 26.8. The van der Waals surface area contributed by atoms with E-state index in [0.717, 1.165) is 4.90 Å². The molecule has 1 saturated heterocycles. The molecule has 0 saturated carbocycles. The molecule has 0 bridgehead atoms. The molecule has 1 rings (SSSR count). The Labute approximate surface area is 527 Å². The Morgan fingerprint density at radius 1 is 0.568 bits per heavy atom. The summed E-state index contributed by atoms with van der Waals surface area (Å²) in [4.78, 5) is 168. The molecule has 10 amide bonds. The number of aliphatic hydroxyl groups is 1. The van der Waals surface area contributed by atoms with Crippen LogP contribution in [0.4, 0.5) is 0 Å². The van der Waals surface area contributed by atoms with E-state index in [-0.39, 0.29) is 69.3 Å². The van der Waals surface area contributed by atoms with Gasteiger partial charge in [0.1, 0.15) is 60.7 Å². The van der Waals surface area contributed by atoms with Crippen LogP contribution in [0.5, 0.6) is 0 Å². The number of hydrogen-bond acceptors (Lipinski definition) is 13. The highest BCUT2D eigenvalue weighted by atomic mass is 16.5. The first kappa shape index (κ1) is 80.0. The van der Waals surface area contributed by atoms with Gasteiger partial charge < -0.3 is 65.3 Å². The number of nitrogens with zero attached hydrogens (tertiary/aromatic N) is 6. The van der Waals surface area contributed by atoms with Crippen molar-refractivity contribution in [2.24, 2.45) is 47.3 Å². The van der Waals surface area contributed by atoms with E-state index in [9.17, 15) is 38.7 Å². The number of hydrogen-bond donors (Lipinski definition) is 5. The zero-order valence-electron chi connectivity index (χ0n) is 58.0. The Bertz CT molecular complexity index is 2380. The van der Waals surface area contributed by atoms with Crippen LogP contribution in [0.3, 0.4) is 0 Å². The van der Waals surface area contributed by atoms with Crippen LogP contribution >= 0.6 is 0 Å². The van der Waals surface area contributed by atoms with Gasteiger partial charge in [-0.3, -0.25) is 47.9 Å². The topological polar surface area (TPSA) is 285 Å². The van der Waals surface area contributed by atoms with Crippen LogP contribution in [-0.2, 0) is 57.5 Å². The van der Waals surface area contributed by atoms with Crippen molar-refractivity contribution in [1.29, 1.82) is 0 Å². The van der Waals surface area contributed by atoms with Gasteiger partial charge in [0.15, 0.2) is 0 Å². The van der Waals surface area contributed by atoms with Gasteiger partial charge in [-0.15, -0.1) is 0 Å². The van der Waals surface area contributed by atoms with Crippen LogP contribution in [-0.4, -0.2) is 222 Å². The number of methoxy groups -OCH3 is 1. The molecule has 0 spiro atoms. The van der Waals surface area contributed by atoms with Gasteiger partial charge in [0.05, 0.1) is 11.6 Å². The lowest BCUT2D eigenvalue weighted by atomic mass is 9.81. The Morgan fingerprint density at radius 2 is 1.05 bits per heavy atom. The third kappa shape index (κ3) is 21.3. The number of carbonyl (C=O) groups excluding carboxylic acids is 11. The summed E-state index contributed by atoms with van der Waals surface area (Å²) < 4.78 is 5.52. The second kappa shape index (κ2) is 36.6. The van der Waals surface area contributed by atoms with E-state index in [1.165, 1.54) is 87.7 Å². The highest BCUT2D eigenvalue weighted by Gasteiger charge is 2.47. The van der Waals surface area contributed by atoms with Crippen LogP contribution in [0.1, 0.15) is 169 Å². The lowest BCUT2D eigenvalue weighted by Gasteiger charge is -2.42. The predicted octanol–water partition coefficient (Wildman–Crippen LogP) is 4.42. The molecular weight excluding hydrogens is 1130 g/mol. The lowest BCUT2D eigenvalue weighted by Crippen LogP contribution is -2.64. The van der Waals surface area contributed by atoms with Crippen molar-refractivity contribution in [2.75, 3.05) is 56.0 Å². The van der Waals surface area contributed by atoms with E-state index < -0.39 is 155 Å². The Balaban J connectivity index is 4.44. The van der Waals surface area contributed by atoms with Crippen molar-refractivity contribution >= 4 is 65.4 Å². The van der Waals surface area contributed by atoms with E-state index >= 15 is 19.2 Å². The largest absolute Gasteiger partial charge is 0.390 e. The van der Waals surface area contributed by atoms with Gasteiger partial charge in [-0.1, -0.05) is 109 Å². The first-order valence-electron chi connectivity index (χ1n) is 31.9. The molecule has 0 aromatic rings. The smallest absolute Gasteiger partial charge is 0.246 e. The second-order valence-corrected chi connectivity index (χ2v) is 26.8. The Morgan fingerprint density at radius 3 is 1.50 bits per heavy atom. The molecule has 14 atom stereocenters. The van der Waals surface area contributed by atoms with Crippen molar-refractivity contribution in [2.45, 2.75) is 235 Å². The van der Waals surface area contributed by atoms with Gasteiger partial charge in [-0.05, 0) is 114 Å². The molecule has 0 aromatic carbocycles. The summed E-state index contributed by atoms with van der Waals surface area (Å²) in [6.45, 7) is 29.9. The third-order valence-electron chi connectivity index (χ3n) is 17.6. The highest BCUT2D eigenvalue weighted by molar-refractivity contribution is 5.99. The average Bonchev–Trinajstić information content (AvgIpc) is 1.58. The van der Waals surface area contributed by atoms with Crippen LogP contribution < -0.4 is 21.3 Å². The van der Waals surface area contributed by atoms with Crippen molar-refractivity contribution < 1.29 is 62.6 Å². The van der Waals surface area contributed by atoms with Gasteiger partial charge in [-0.25, -0.2) is 0 Å². The van der Waals surface area contributed by atoms with Crippen molar-refractivity contribution in [1.82, 2.24) is 50.7 Å². The molecule has 504 valence electrons. The molecule has 14 unspecified atom stereocenters. The van der Waals surface area contributed by atoms with E-state index in [1.807, 2.05) is 47.6 Å². The number of aldehydes is 1. The number of carbonyl (C=O) groups is 11. The number of ether oxygens (including phenoxy) is 1. The molecule has 23 nitrogen and oxygen atoms in total. The molecule has 1 aliphatic heterocycles. The number of likely N-dealkylation sites (N-methyl/N-ethyl adjacent to an activating group) is 6. The summed E-state index contributed by atoms with van der Waals surface area (Å²) in [5, 5.41) is 23.4. The SMILES string of the molecule is CC=CCC(C)C(O)C1C(=O)NC(CC)C(=O)N(C)C(C=O)(CC)CCC(C(C)COC)C(=O)NC(C(C)C)C(=O)N(C)C(CC(C)C)C(=O)NC(C)C(=O)NC(C)C(=O)N(C)C(CC(C)C)C(=O)N(C)C(CC(C)C)C(=O)N(C)C(C(C)C)C(=O)N1C. The quantitative estimate of drug-likeness (QED) is 0.0940. The maximum Gasteiger partial charge on any atom is 0.246 e. The van der Waals surface area contributed by atoms with E-state index in [0.29, 0.717) is 12.7 Å². The van der Waals surface area contributed by atoms with Crippen molar-refractivity contribution in [3.63, 3.8) is 0 Å². The monoisotopic (exact) mass is 1240 g/mol. The first-order valence-corrected chi connectivity index (χ1v) is 31.9. The number of amides is 10. The molecule has 23 heteroatoms. The predicted molar refractivity (Wildman–Crippen MR) is 340 cm³/mol. The Hall–Kier alpha value is -5.97. The molecule has 0 aliphatic carbocycles. The molecule has 0 aromatic heterocycles. The number of allylic oxidation sites excluding steroid dienone is 2. The van der Waals surface area contributed by atoms with Crippen molar-refractivity contribution in [3.8, 4) is 0 Å². The molecular formula is C65H116N10O13. The molecule has 1 heterocycles. The zero-order chi connectivity index (χ0) is 68.2. The van der Waals surface area contributed by atoms with Crippen LogP contribution in [0.15, 0.2) is 12.2 Å². The van der Waals surface area contributed by atoms with Crippen LogP contribution in [0.25, 0.3) is 0 Å². The Kier molecular flexibility index (Phi) is 33.3. The average molecular weight is 1250 g/mol. The van der Waals surface area contributed by atoms with Crippen molar-refractivity contribution in [3.05, 3.63) is 12.2 Å². The highest BCUT2D eigenvalue weighted by Crippen LogP contribution is 2.31. The minimum absolute atomic E-state index is 0.0151. The molecule has 1 fully saturated rings. The van der Waals surface area contributed by atoms with Crippen LogP contribution in [0, 0.1) is 47.3 Å². The summed E-state index contributed by atoms with van der Waals surface area (Å²) in [5.41, 5.74) is -1.53. The first-order chi connectivity index (χ1) is 40.8. The van der Waals surface area contributed by atoms with Gasteiger partial charge in [0.25, 0.3) is 0 Å². The molecule has 88 heavy (non-hydrogen) atoms. The standard InChI is InChI=1S/C65H116N10O13/c1-25-28-29-42(14)54(77)53-58(81)68-47(26-2)60(83)75(23)65(27-3,36-76)31-30-46(43(15)35-88-24)56(79)69-51(40(10)11)63(86)70(18)48(32-37(4)5)57(80)66-44(16)55(78)67-45(17)59(82)71(19)49(33-38(6)7)61(84)72(20)50(34-39(8)9)62(85)73(21)52(41(12)13)64(87)74(53)22/h25,28,36-54,77H,26-27,29-35H2,1-24H3,(H,66,80)(H,67,78)(H,68,81)(H,69,79). The van der Waals surface area contributed by atoms with Gasteiger partial charge in [0, 0.05) is 61.9 Å². The summed E-state index contributed by atoms with van der Waals surface area (Å²) in [7, 11) is 10.1. The molecule has 1 aliphatic rings. The third-order valence-corrected chi connectivity index (χ3v) is 17.6. The summed E-state index contributed by atoms with van der Waals surface area (Å²) in [6, 6.07) is -11.2. The number of aliphatic hydroxyl groups excluding tert-OH is 1. The van der Waals surface area contributed by atoms with E-state index in [1.54, 1.807) is 68.4 Å². The zero-order valence-corrected chi connectivity index (χ0v) is 58.0. The maximum absolute atomic E-state index is 15.2. The normalized spacial score (nSPS) is 28.3. The minimum Gasteiger partial charge on any atom is -0.390 e. The fourth-order valence-corrected chi connectivity index (χ4v) is 11.7. The lowest BCUT2D eigenvalue weighted by molar-refractivity contribution is -0.157. The van der Waals surface area contributed by atoms with Crippen LogP contribution in [0.2, 0.25) is 0 Å². The number of nitrogens with one attached hydrogen (secondary N) is 4. The van der Waals surface area contributed by atoms with Gasteiger partial charge in [-0.2, -0.15) is 0 Å². The maximum atomic E-state index is 15.2. The van der Waals surface area contributed by atoms with E-state index in [4.69, 9.17) is 4.74 Å². The van der Waals surface area contributed by atoms with Gasteiger partial charge >= 0.3 is 0 Å². The van der Waals surface area contributed by atoms with Gasteiger partial charge in [0.2, 0.25) is 59.1 Å². The fraction of sp³-hybridized carbons (Fsp3) is 0.800. The van der Waals surface area contributed by atoms with E-state index in [2.05, 4.69) is 21.3 Å². The summed E-state index contributed by atoms with van der Waals surface area (Å²) in [5.74, 6) is -10.1. The summed E-state index contributed by atoms with van der Waals surface area (Å²) >= 11 is 0. The summed E-state index contributed by atoms with van der Waals surface area (Å²) in [6.07, 6.45) is 3.60. The molecule has 0 radical (unpaired) electrons. The number of rotatable bonds is 18. The molecule has 5 N–H and O–H groups in total. The fourth-order valence-electron chi connectivity index (χ4n) is 11.7.